The first-order chi connectivity index (χ1) is 6.86. The summed E-state index contributed by atoms with van der Waals surface area (Å²) in [6.07, 6.45) is 5.68. The molecular formula is C9H10IN3S2. The maximum absolute atomic E-state index is 8.43. The first kappa shape index (κ1) is 14.7. The lowest BCUT2D eigenvalue weighted by atomic mass is 10.5. The van der Waals surface area contributed by atoms with Crippen LogP contribution in [0.4, 0.5) is 0 Å². The summed E-state index contributed by atoms with van der Waals surface area (Å²) in [5, 5.41) is 12.8. The van der Waals surface area contributed by atoms with Crippen molar-refractivity contribution < 1.29 is 28.7 Å². The SMILES string of the molecule is CS/C(=N\[n+]1ccccc1)SCC#N.[I-]. The lowest BCUT2D eigenvalue weighted by Crippen LogP contribution is -3.00. The Balaban J connectivity index is 0.00000196. The van der Waals surface area contributed by atoms with E-state index >= 15 is 0 Å². The number of hydrogen-bond donors (Lipinski definition) is 0. The third kappa shape index (κ3) is 6.02. The first-order valence-corrected chi connectivity index (χ1v) is 6.17. The zero-order valence-corrected chi connectivity index (χ0v) is 11.9. The van der Waals surface area contributed by atoms with Crippen LogP contribution in [0.2, 0.25) is 0 Å². The van der Waals surface area contributed by atoms with Gasteiger partial charge in [-0.05, 0) is 6.26 Å². The number of hydrogen-bond acceptors (Lipinski definition) is 4. The van der Waals surface area contributed by atoms with Crippen LogP contribution in [-0.2, 0) is 0 Å². The van der Waals surface area contributed by atoms with Crippen LogP contribution in [0.25, 0.3) is 0 Å². The summed E-state index contributed by atoms with van der Waals surface area (Å²) in [6, 6.07) is 7.84. The number of nitriles is 1. The van der Waals surface area contributed by atoms with E-state index in [9.17, 15) is 0 Å². The van der Waals surface area contributed by atoms with Gasteiger partial charge < -0.3 is 24.0 Å². The average Bonchev–Trinajstić information content (AvgIpc) is 2.25. The van der Waals surface area contributed by atoms with E-state index in [4.69, 9.17) is 5.26 Å². The highest BCUT2D eigenvalue weighted by atomic mass is 127. The topological polar surface area (TPSA) is 40.0 Å². The van der Waals surface area contributed by atoms with Crippen LogP contribution in [-0.4, -0.2) is 16.4 Å². The van der Waals surface area contributed by atoms with Crippen LogP contribution in [0, 0.1) is 11.3 Å². The van der Waals surface area contributed by atoms with E-state index in [-0.39, 0.29) is 24.0 Å². The molecule has 0 spiro atoms. The molecule has 1 aromatic rings. The number of halogens is 1. The monoisotopic (exact) mass is 351 g/mol. The highest BCUT2D eigenvalue weighted by Gasteiger charge is 2.02. The van der Waals surface area contributed by atoms with Crippen LogP contribution in [0.3, 0.4) is 0 Å². The normalized spacial score (nSPS) is 10.3. The van der Waals surface area contributed by atoms with Crippen LogP contribution < -0.4 is 28.7 Å². The van der Waals surface area contributed by atoms with Crippen molar-refractivity contribution in [1.29, 1.82) is 5.26 Å². The van der Waals surface area contributed by atoms with Gasteiger partial charge in [0.25, 0.3) is 0 Å². The van der Waals surface area contributed by atoms with Crippen LogP contribution in [0.5, 0.6) is 0 Å². The van der Waals surface area contributed by atoms with E-state index in [0.29, 0.717) is 5.75 Å². The molecule has 3 nitrogen and oxygen atoms in total. The summed E-state index contributed by atoms with van der Waals surface area (Å²) < 4.78 is 2.62. The molecule has 0 aliphatic rings. The molecule has 0 atom stereocenters. The minimum Gasteiger partial charge on any atom is -1.00 e. The van der Waals surface area contributed by atoms with Gasteiger partial charge >= 0.3 is 0 Å². The molecule has 80 valence electrons. The molecule has 1 aromatic heterocycles. The Kier molecular flexibility index (Phi) is 8.85. The Hall–Kier alpha value is -0.260. The summed E-state index contributed by atoms with van der Waals surface area (Å²) >= 11 is 2.99. The third-order valence-electron chi connectivity index (χ3n) is 1.33. The van der Waals surface area contributed by atoms with Gasteiger partial charge in [0.2, 0.25) is 12.4 Å². The second-order valence-electron chi connectivity index (χ2n) is 2.27. The molecule has 0 unspecified atom stereocenters. The van der Waals surface area contributed by atoms with Crippen LogP contribution in [0.15, 0.2) is 35.7 Å². The standard InChI is InChI=1S/C9H10N3S2.HI/c1-13-9(14-8-5-10)11-12-6-3-2-4-7-12;/h2-4,6-7H,8H2,1H3;1H/q+1;/p-1/b11-9+;. The molecule has 0 aromatic carbocycles. The quantitative estimate of drug-likeness (QED) is 0.288. The molecule has 0 saturated heterocycles. The largest absolute Gasteiger partial charge is 1.00 e. The Labute approximate surface area is 115 Å². The van der Waals surface area contributed by atoms with Crippen molar-refractivity contribution in [1.82, 2.24) is 0 Å². The van der Waals surface area contributed by atoms with Gasteiger partial charge in [-0.15, -0.1) is 0 Å². The Morgan fingerprint density at radius 3 is 2.60 bits per heavy atom. The number of thioether (sulfide) groups is 2. The summed E-state index contributed by atoms with van der Waals surface area (Å²) in [6.45, 7) is 0. The molecular weight excluding hydrogens is 341 g/mol. The van der Waals surface area contributed by atoms with Crippen molar-refractivity contribution in [2.75, 3.05) is 12.0 Å². The van der Waals surface area contributed by atoms with E-state index in [1.54, 1.807) is 16.4 Å². The Morgan fingerprint density at radius 1 is 1.40 bits per heavy atom. The molecule has 0 amide bonds. The van der Waals surface area contributed by atoms with Crippen LogP contribution >= 0.6 is 23.5 Å². The predicted octanol–water partition coefficient (Wildman–Crippen LogP) is -1.28. The van der Waals surface area contributed by atoms with Crippen LogP contribution in [0.1, 0.15) is 0 Å². The zero-order chi connectivity index (χ0) is 10.2. The van der Waals surface area contributed by atoms with Crippen molar-refractivity contribution >= 4 is 27.9 Å². The minimum absolute atomic E-state index is 0. The maximum Gasteiger partial charge on any atom is 0.202 e. The maximum atomic E-state index is 8.43. The Morgan fingerprint density at radius 2 is 2.07 bits per heavy atom. The molecule has 1 rings (SSSR count). The smallest absolute Gasteiger partial charge is 0.202 e. The number of nitrogens with zero attached hydrogens (tertiary/aromatic N) is 3. The fraction of sp³-hybridized carbons (Fsp3) is 0.222. The molecule has 0 bridgehead atoms. The van der Waals surface area contributed by atoms with Gasteiger partial charge in [-0.3, -0.25) is 0 Å². The molecule has 15 heavy (non-hydrogen) atoms. The van der Waals surface area contributed by atoms with Gasteiger partial charge in [0.15, 0.2) is 4.38 Å². The summed E-state index contributed by atoms with van der Waals surface area (Å²) in [5.74, 6) is 0.438. The lowest BCUT2D eigenvalue weighted by molar-refractivity contribution is -0.678. The van der Waals surface area contributed by atoms with E-state index in [2.05, 4.69) is 11.2 Å². The zero-order valence-electron chi connectivity index (χ0n) is 8.13. The van der Waals surface area contributed by atoms with Gasteiger partial charge in [0.05, 0.1) is 11.8 Å². The minimum atomic E-state index is 0. The summed E-state index contributed by atoms with van der Waals surface area (Å²) in [5.41, 5.74) is 0. The van der Waals surface area contributed by atoms with E-state index in [1.807, 2.05) is 36.8 Å². The van der Waals surface area contributed by atoms with Gasteiger partial charge in [0.1, 0.15) is 0 Å². The number of aromatic nitrogens is 1. The summed E-state index contributed by atoms with van der Waals surface area (Å²) in [4.78, 5) is 0. The fourth-order valence-corrected chi connectivity index (χ4v) is 1.94. The number of pyridine rings is 1. The highest BCUT2D eigenvalue weighted by Crippen LogP contribution is 2.12. The average molecular weight is 351 g/mol. The fourth-order valence-electron chi connectivity index (χ4n) is 0.773. The molecule has 6 heteroatoms. The molecule has 0 saturated carbocycles. The molecule has 0 aliphatic carbocycles. The van der Waals surface area contributed by atoms with Gasteiger partial charge in [0, 0.05) is 17.2 Å². The van der Waals surface area contributed by atoms with E-state index in [0.717, 1.165) is 4.38 Å². The molecule has 0 radical (unpaired) electrons. The van der Waals surface area contributed by atoms with Gasteiger partial charge in [-0.1, -0.05) is 34.3 Å². The van der Waals surface area contributed by atoms with Crippen molar-refractivity contribution in [2.45, 2.75) is 0 Å². The molecule has 0 aliphatic heterocycles. The lowest BCUT2D eigenvalue weighted by Gasteiger charge is -1.93. The molecule has 0 fully saturated rings. The second-order valence-corrected chi connectivity index (χ2v) is 4.29. The van der Waals surface area contributed by atoms with Crippen molar-refractivity contribution in [3.05, 3.63) is 30.6 Å². The highest BCUT2D eigenvalue weighted by molar-refractivity contribution is 8.38. The molecule has 1 heterocycles. The van der Waals surface area contributed by atoms with Gasteiger partial charge in [-0.2, -0.15) is 5.26 Å². The van der Waals surface area contributed by atoms with Crippen molar-refractivity contribution in [3.8, 4) is 6.07 Å². The first-order valence-electron chi connectivity index (χ1n) is 3.96. The third-order valence-corrected chi connectivity index (χ3v) is 3.22. The molecule has 0 N–H and O–H groups in total. The second kappa shape index (κ2) is 9.00. The van der Waals surface area contributed by atoms with E-state index in [1.165, 1.54) is 11.8 Å². The van der Waals surface area contributed by atoms with Crippen molar-refractivity contribution in [2.24, 2.45) is 5.10 Å². The predicted molar refractivity (Wildman–Crippen MR) is 61.1 cm³/mol. The Bertz CT molecular complexity index is 348. The van der Waals surface area contributed by atoms with E-state index < -0.39 is 0 Å². The summed E-state index contributed by atoms with van der Waals surface area (Å²) in [7, 11) is 0. The van der Waals surface area contributed by atoms with Crippen molar-refractivity contribution in [3.63, 3.8) is 0 Å². The van der Waals surface area contributed by atoms with Gasteiger partial charge in [-0.25, -0.2) is 0 Å². The number of rotatable bonds is 2.